The van der Waals surface area contributed by atoms with Gasteiger partial charge in [-0.25, -0.2) is 9.59 Å². The minimum atomic E-state index is -1.80. The van der Waals surface area contributed by atoms with Crippen molar-refractivity contribution >= 4 is 11.9 Å². The Labute approximate surface area is 160 Å². The summed E-state index contributed by atoms with van der Waals surface area (Å²) >= 11 is 0. The minimum absolute atomic E-state index is 0.167. The zero-order valence-electron chi connectivity index (χ0n) is 14.7. The number of carbonyl (C=O) groups is 2. The van der Waals surface area contributed by atoms with Gasteiger partial charge in [-0.05, 0) is 24.3 Å². The molecular weight excluding hydrogens is 368 g/mol. The average Bonchev–Trinajstić information content (AvgIpc) is 2.73. The van der Waals surface area contributed by atoms with Crippen molar-refractivity contribution in [3.05, 3.63) is 71.8 Å². The molecular formula is C20H20O8. The maximum absolute atomic E-state index is 12.2. The standard InChI is InChI=1S/C20H20O8/c21-13-14(22)17(27-19(25)11-7-3-1-4-8-11)16(24)18(15(13)23)28-20(26)12-9-5-2-6-10-12/h1-10,13-18,21-24H/t13-,14-,15+,16-,17-,18-/m1/s1. The molecule has 0 unspecified atom stereocenters. The van der Waals surface area contributed by atoms with E-state index in [2.05, 4.69) is 0 Å². The monoisotopic (exact) mass is 388 g/mol. The highest BCUT2D eigenvalue weighted by atomic mass is 16.6. The molecule has 8 nitrogen and oxygen atoms in total. The molecule has 0 amide bonds. The van der Waals surface area contributed by atoms with E-state index in [-0.39, 0.29) is 11.1 Å². The van der Waals surface area contributed by atoms with Crippen molar-refractivity contribution < 1.29 is 39.5 Å². The number of benzene rings is 2. The van der Waals surface area contributed by atoms with Crippen LogP contribution in [0.5, 0.6) is 0 Å². The number of esters is 2. The fraction of sp³-hybridized carbons (Fsp3) is 0.300. The van der Waals surface area contributed by atoms with E-state index in [1.807, 2.05) is 0 Å². The van der Waals surface area contributed by atoms with E-state index in [1.165, 1.54) is 24.3 Å². The highest BCUT2D eigenvalue weighted by Gasteiger charge is 2.52. The highest BCUT2D eigenvalue weighted by molar-refractivity contribution is 5.90. The van der Waals surface area contributed by atoms with Gasteiger partial charge in [0.1, 0.15) is 24.4 Å². The van der Waals surface area contributed by atoms with Gasteiger partial charge in [0.05, 0.1) is 11.1 Å². The second-order valence-corrected chi connectivity index (χ2v) is 6.43. The normalized spacial score (nSPS) is 29.7. The first-order valence-electron chi connectivity index (χ1n) is 8.64. The summed E-state index contributed by atoms with van der Waals surface area (Å²) in [5.41, 5.74) is 0.334. The van der Waals surface area contributed by atoms with E-state index < -0.39 is 48.6 Å². The Morgan fingerprint density at radius 2 is 0.929 bits per heavy atom. The summed E-state index contributed by atoms with van der Waals surface area (Å²) in [7, 11) is 0. The van der Waals surface area contributed by atoms with Gasteiger partial charge in [-0.1, -0.05) is 36.4 Å². The van der Waals surface area contributed by atoms with Crippen LogP contribution in [0.4, 0.5) is 0 Å². The molecule has 8 heteroatoms. The maximum Gasteiger partial charge on any atom is 0.338 e. The summed E-state index contributed by atoms with van der Waals surface area (Å²) in [6.07, 6.45) is -10.3. The van der Waals surface area contributed by atoms with Crippen LogP contribution < -0.4 is 0 Å². The van der Waals surface area contributed by atoms with Gasteiger partial charge in [-0.15, -0.1) is 0 Å². The van der Waals surface area contributed by atoms with Gasteiger partial charge in [0.2, 0.25) is 0 Å². The lowest BCUT2D eigenvalue weighted by Gasteiger charge is -2.42. The molecule has 0 aromatic heterocycles. The van der Waals surface area contributed by atoms with Crippen LogP contribution in [0.3, 0.4) is 0 Å². The molecule has 0 heterocycles. The Morgan fingerprint density at radius 1 is 0.571 bits per heavy atom. The molecule has 6 atom stereocenters. The highest BCUT2D eigenvalue weighted by Crippen LogP contribution is 2.27. The Hall–Kier alpha value is -2.78. The summed E-state index contributed by atoms with van der Waals surface area (Å²) in [4.78, 5) is 24.5. The van der Waals surface area contributed by atoms with Crippen LogP contribution >= 0.6 is 0 Å². The van der Waals surface area contributed by atoms with E-state index in [0.29, 0.717) is 0 Å². The van der Waals surface area contributed by atoms with Crippen molar-refractivity contribution in [2.75, 3.05) is 0 Å². The molecule has 3 rings (SSSR count). The van der Waals surface area contributed by atoms with Gasteiger partial charge in [0.15, 0.2) is 12.2 Å². The molecule has 1 fully saturated rings. The van der Waals surface area contributed by atoms with Gasteiger partial charge in [-0.2, -0.15) is 0 Å². The van der Waals surface area contributed by atoms with Crippen molar-refractivity contribution in [1.82, 2.24) is 0 Å². The van der Waals surface area contributed by atoms with Crippen LogP contribution in [0.2, 0.25) is 0 Å². The second-order valence-electron chi connectivity index (χ2n) is 6.43. The molecule has 0 saturated heterocycles. The zero-order chi connectivity index (χ0) is 20.3. The molecule has 2 aromatic rings. The summed E-state index contributed by atoms with van der Waals surface area (Å²) in [6, 6.07) is 15.7. The second kappa shape index (κ2) is 8.49. The van der Waals surface area contributed by atoms with Crippen molar-refractivity contribution in [1.29, 1.82) is 0 Å². The van der Waals surface area contributed by atoms with Crippen LogP contribution in [0, 0.1) is 0 Å². The first kappa shape index (κ1) is 20.0. The SMILES string of the molecule is O=C(O[C@H]1[C@@H](O)[C@H](OC(=O)c2ccccc2)[C@@H](O)[C@H](O)[C@H]1O)c1ccccc1. The van der Waals surface area contributed by atoms with Crippen LogP contribution in [0.15, 0.2) is 60.7 Å². The number of ether oxygens (including phenoxy) is 2. The van der Waals surface area contributed by atoms with Gasteiger partial charge >= 0.3 is 11.9 Å². The average molecular weight is 388 g/mol. The van der Waals surface area contributed by atoms with E-state index >= 15 is 0 Å². The minimum Gasteiger partial charge on any atom is -0.453 e. The molecule has 1 saturated carbocycles. The van der Waals surface area contributed by atoms with E-state index in [4.69, 9.17) is 9.47 Å². The van der Waals surface area contributed by atoms with E-state index in [0.717, 1.165) is 0 Å². The number of aliphatic hydroxyl groups excluding tert-OH is 4. The van der Waals surface area contributed by atoms with Gasteiger partial charge in [0, 0.05) is 0 Å². The van der Waals surface area contributed by atoms with Gasteiger partial charge < -0.3 is 29.9 Å². The third-order valence-electron chi connectivity index (χ3n) is 4.55. The lowest BCUT2D eigenvalue weighted by Crippen LogP contribution is -2.65. The number of aliphatic hydroxyl groups is 4. The van der Waals surface area contributed by atoms with Gasteiger partial charge in [0.25, 0.3) is 0 Å². The molecule has 28 heavy (non-hydrogen) atoms. The molecule has 0 aliphatic heterocycles. The first-order valence-corrected chi connectivity index (χ1v) is 8.64. The van der Waals surface area contributed by atoms with Crippen molar-refractivity contribution in [3.63, 3.8) is 0 Å². The molecule has 148 valence electrons. The summed E-state index contributed by atoms with van der Waals surface area (Å²) in [6.45, 7) is 0. The van der Waals surface area contributed by atoms with E-state index in [1.54, 1.807) is 36.4 Å². The predicted molar refractivity (Wildman–Crippen MR) is 95.3 cm³/mol. The summed E-state index contributed by atoms with van der Waals surface area (Å²) in [5, 5.41) is 40.9. The van der Waals surface area contributed by atoms with Crippen molar-refractivity contribution in [3.8, 4) is 0 Å². The Balaban J connectivity index is 1.77. The largest absolute Gasteiger partial charge is 0.453 e. The lowest BCUT2D eigenvalue weighted by atomic mass is 9.84. The molecule has 0 radical (unpaired) electrons. The Bertz CT molecular complexity index is 742. The van der Waals surface area contributed by atoms with Crippen LogP contribution in [-0.4, -0.2) is 69.0 Å². The molecule has 1 aliphatic rings. The van der Waals surface area contributed by atoms with Crippen LogP contribution in [0.25, 0.3) is 0 Å². The number of carbonyl (C=O) groups excluding carboxylic acids is 2. The van der Waals surface area contributed by atoms with Crippen molar-refractivity contribution in [2.24, 2.45) is 0 Å². The van der Waals surface area contributed by atoms with Crippen LogP contribution in [-0.2, 0) is 9.47 Å². The van der Waals surface area contributed by atoms with Crippen LogP contribution in [0.1, 0.15) is 20.7 Å². The number of rotatable bonds is 4. The zero-order valence-corrected chi connectivity index (χ0v) is 14.7. The van der Waals surface area contributed by atoms with Gasteiger partial charge in [-0.3, -0.25) is 0 Å². The Morgan fingerprint density at radius 3 is 1.29 bits per heavy atom. The predicted octanol–water partition coefficient (Wildman–Crippen LogP) is -0.105. The quantitative estimate of drug-likeness (QED) is 0.534. The first-order chi connectivity index (χ1) is 13.4. The third kappa shape index (κ3) is 4.05. The van der Waals surface area contributed by atoms with E-state index in [9.17, 15) is 30.0 Å². The Kier molecular flexibility index (Phi) is 6.05. The molecule has 4 N–H and O–H groups in total. The molecule has 0 bridgehead atoms. The summed E-state index contributed by atoms with van der Waals surface area (Å²) < 4.78 is 10.3. The summed E-state index contributed by atoms with van der Waals surface area (Å²) in [5.74, 6) is -1.69. The molecule has 0 spiro atoms. The van der Waals surface area contributed by atoms with Crippen molar-refractivity contribution in [2.45, 2.75) is 36.6 Å². The maximum atomic E-state index is 12.2. The molecule has 2 aromatic carbocycles. The molecule has 1 aliphatic carbocycles. The smallest absolute Gasteiger partial charge is 0.338 e. The fourth-order valence-electron chi connectivity index (χ4n) is 2.99. The lowest BCUT2D eigenvalue weighted by molar-refractivity contribution is -0.223. The topological polar surface area (TPSA) is 134 Å². The number of hydrogen-bond donors (Lipinski definition) is 4. The number of hydrogen-bond acceptors (Lipinski definition) is 8. The fourth-order valence-corrected chi connectivity index (χ4v) is 2.99. The third-order valence-corrected chi connectivity index (χ3v) is 4.55.